The fourth-order valence-electron chi connectivity index (χ4n) is 1.54. The fourth-order valence-corrected chi connectivity index (χ4v) is 2.92. The Balaban J connectivity index is 2.95. The van der Waals surface area contributed by atoms with Crippen molar-refractivity contribution >= 4 is 15.7 Å². The van der Waals surface area contributed by atoms with Crippen LogP contribution in [0.1, 0.15) is 17.5 Å². The maximum absolute atomic E-state index is 12.0. The number of anilines is 1. The van der Waals surface area contributed by atoms with Crippen molar-refractivity contribution in [2.75, 3.05) is 12.3 Å². The highest BCUT2D eigenvalue weighted by molar-refractivity contribution is 7.89. The van der Waals surface area contributed by atoms with Gasteiger partial charge in [-0.05, 0) is 37.1 Å². The Hall–Kier alpha value is -1.28. The quantitative estimate of drug-likeness (QED) is 0.836. The molecular weight excluding hydrogens is 281 g/mol. The van der Waals surface area contributed by atoms with Gasteiger partial charge in [0.25, 0.3) is 0 Å². The number of nitrogen functional groups attached to an aromatic ring is 1. The summed E-state index contributed by atoms with van der Waals surface area (Å²) in [5.74, 6) is 0. The van der Waals surface area contributed by atoms with E-state index in [1.807, 2.05) is 4.72 Å². The van der Waals surface area contributed by atoms with Gasteiger partial charge in [-0.3, -0.25) is 0 Å². The van der Waals surface area contributed by atoms with Crippen LogP contribution >= 0.6 is 0 Å². The lowest BCUT2D eigenvalue weighted by atomic mass is 10.1. The van der Waals surface area contributed by atoms with Gasteiger partial charge in [0.15, 0.2) is 0 Å². The molecule has 0 aliphatic heterocycles. The Kier molecular flexibility index (Phi) is 4.46. The lowest BCUT2D eigenvalue weighted by molar-refractivity contribution is -0.132. The third-order valence-corrected chi connectivity index (χ3v) is 4.12. The predicted octanol–water partition coefficient (Wildman–Crippen LogP) is 2.12. The molecule has 19 heavy (non-hydrogen) atoms. The number of nitrogens with two attached hydrogens (primary N) is 1. The normalized spacial score (nSPS) is 12.7. The predicted molar refractivity (Wildman–Crippen MR) is 66.2 cm³/mol. The third-order valence-electron chi connectivity index (χ3n) is 2.53. The van der Waals surface area contributed by atoms with Crippen LogP contribution in [0.3, 0.4) is 0 Å². The number of hydrogen-bond donors (Lipinski definition) is 2. The van der Waals surface area contributed by atoms with E-state index < -0.39 is 29.2 Å². The number of hydrogen-bond acceptors (Lipinski definition) is 3. The summed E-state index contributed by atoms with van der Waals surface area (Å²) >= 11 is 0. The Bertz CT molecular complexity index is 568. The van der Waals surface area contributed by atoms with E-state index in [9.17, 15) is 21.6 Å². The fraction of sp³-hybridized carbons (Fsp3) is 0.455. The van der Waals surface area contributed by atoms with E-state index in [1.54, 1.807) is 13.0 Å². The second kappa shape index (κ2) is 5.38. The summed E-state index contributed by atoms with van der Waals surface area (Å²) in [4.78, 5) is -0.0906. The Labute approximate surface area is 109 Å². The Morgan fingerprint density at radius 3 is 2.37 bits per heavy atom. The zero-order chi connectivity index (χ0) is 14.8. The molecular formula is C11H15F3N2O2S. The number of alkyl halides is 3. The molecule has 0 aromatic heterocycles. The Morgan fingerprint density at radius 2 is 1.84 bits per heavy atom. The van der Waals surface area contributed by atoms with Crippen LogP contribution in [0.15, 0.2) is 17.0 Å². The molecule has 1 rings (SSSR count). The summed E-state index contributed by atoms with van der Waals surface area (Å²) < 4.78 is 61.7. The Morgan fingerprint density at radius 1 is 1.26 bits per heavy atom. The van der Waals surface area contributed by atoms with E-state index in [2.05, 4.69) is 0 Å². The van der Waals surface area contributed by atoms with Crippen LogP contribution in [-0.2, 0) is 10.0 Å². The van der Waals surface area contributed by atoms with Gasteiger partial charge >= 0.3 is 6.18 Å². The van der Waals surface area contributed by atoms with Crippen LogP contribution in [-0.4, -0.2) is 21.1 Å². The molecule has 0 saturated carbocycles. The molecule has 0 amide bonds. The zero-order valence-corrected chi connectivity index (χ0v) is 11.3. The van der Waals surface area contributed by atoms with Crippen molar-refractivity contribution in [3.05, 3.63) is 23.3 Å². The first-order valence-electron chi connectivity index (χ1n) is 5.46. The maximum Gasteiger partial charge on any atom is 0.390 e. The zero-order valence-electron chi connectivity index (χ0n) is 10.5. The number of nitrogens with one attached hydrogen (secondary N) is 1. The van der Waals surface area contributed by atoms with Gasteiger partial charge in [0.2, 0.25) is 10.0 Å². The highest BCUT2D eigenvalue weighted by atomic mass is 32.2. The molecule has 8 heteroatoms. The number of sulfonamides is 1. The van der Waals surface area contributed by atoms with E-state index in [-0.39, 0.29) is 10.6 Å². The number of rotatable bonds is 4. The molecule has 0 aliphatic carbocycles. The summed E-state index contributed by atoms with van der Waals surface area (Å²) in [7, 11) is -3.99. The van der Waals surface area contributed by atoms with Gasteiger partial charge in [-0.2, -0.15) is 13.2 Å². The average Bonchev–Trinajstić information content (AvgIpc) is 2.20. The molecule has 0 aliphatic rings. The second-order valence-electron chi connectivity index (χ2n) is 4.24. The molecule has 4 nitrogen and oxygen atoms in total. The van der Waals surface area contributed by atoms with Crippen LogP contribution in [0.5, 0.6) is 0 Å². The first kappa shape index (κ1) is 15.8. The lowest BCUT2D eigenvalue weighted by Gasteiger charge is -2.13. The maximum atomic E-state index is 12.0. The van der Waals surface area contributed by atoms with Gasteiger partial charge in [-0.15, -0.1) is 0 Å². The molecule has 3 N–H and O–H groups in total. The van der Waals surface area contributed by atoms with Gasteiger partial charge in [0.1, 0.15) is 0 Å². The van der Waals surface area contributed by atoms with Crippen LogP contribution in [0.2, 0.25) is 0 Å². The van der Waals surface area contributed by atoms with Crippen molar-refractivity contribution in [2.45, 2.75) is 31.3 Å². The lowest BCUT2D eigenvalue weighted by Crippen LogP contribution is -2.28. The van der Waals surface area contributed by atoms with Crippen molar-refractivity contribution in [3.8, 4) is 0 Å². The highest BCUT2D eigenvalue weighted by Crippen LogP contribution is 2.23. The first-order chi connectivity index (χ1) is 8.53. The average molecular weight is 296 g/mol. The van der Waals surface area contributed by atoms with E-state index in [0.717, 1.165) is 0 Å². The topological polar surface area (TPSA) is 72.2 Å². The van der Waals surface area contributed by atoms with Crippen molar-refractivity contribution in [1.29, 1.82) is 0 Å². The van der Waals surface area contributed by atoms with E-state index in [4.69, 9.17) is 5.73 Å². The van der Waals surface area contributed by atoms with Gasteiger partial charge in [0, 0.05) is 12.2 Å². The molecule has 0 fully saturated rings. The standard InChI is InChI=1S/C11H15F3N2O2S/c1-7-5-9(15)8(2)10(6-7)19(17,18)16-4-3-11(12,13)14/h5-6,16H,3-4,15H2,1-2H3. The van der Waals surface area contributed by atoms with Crippen LogP contribution in [0.4, 0.5) is 18.9 Å². The summed E-state index contributed by atoms with van der Waals surface area (Å²) in [6.07, 6.45) is -5.62. The molecule has 0 radical (unpaired) electrons. The van der Waals surface area contributed by atoms with Crippen LogP contribution in [0, 0.1) is 13.8 Å². The van der Waals surface area contributed by atoms with Crippen molar-refractivity contribution in [3.63, 3.8) is 0 Å². The number of halogens is 3. The molecule has 0 unspecified atom stereocenters. The van der Waals surface area contributed by atoms with Crippen LogP contribution in [0.25, 0.3) is 0 Å². The monoisotopic (exact) mass is 296 g/mol. The summed E-state index contributed by atoms with van der Waals surface area (Å²) in [6, 6.07) is 2.98. The van der Waals surface area contributed by atoms with Crippen LogP contribution < -0.4 is 10.5 Å². The van der Waals surface area contributed by atoms with Crippen molar-refractivity contribution in [2.24, 2.45) is 0 Å². The smallest absolute Gasteiger partial charge is 0.390 e. The van der Waals surface area contributed by atoms with E-state index in [1.165, 1.54) is 13.0 Å². The van der Waals surface area contributed by atoms with Gasteiger partial charge in [0.05, 0.1) is 11.3 Å². The highest BCUT2D eigenvalue weighted by Gasteiger charge is 2.28. The molecule has 0 saturated heterocycles. The molecule has 1 aromatic rings. The molecule has 1 aromatic carbocycles. The molecule has 108 valence electrons. The number of benzene rings is 1. The van der Waals surface area contributed by atoms with Gasteiger partial charge < -0.3 is 5.73 Å². The largest absolute Gasteiger partial charge is 0.398 e. The third kappa shape index (κ3) is 4.39. The molecule has 0 atom stereocenters. The minimum Gasteiger partial charge on any atom is -0.398 e. The second-order valence-corrected chi connectivity index (χ2v) is 5.98. The van der Waals surface area contributed by atoms with Crippen molar-refractivity contribution in [1.82, 2.24) is 4.72 Å². The van der Waals surface area contributed by atoms with Gasteiger partial charge in [-0.1, -0.05) is 0 Å². The minimum absolute atomic E-state index is 0.0906. The summed E-state index contributed by atoms with van der Waals surface area (Å²) in [6.45, 7) is 2.47. The SMILES string of the molecule is Cc1cc(N)c(C)c(S(=O)(=O)NCCC(F)(F)F)c1. The minimum atomic E-state index is -4.40. The first-order valence-corrected chi connectivity index (χ1v) is 6.94. The summed E-state index contributed by atoms with van der Waals surface area (Å²) in [5, 5.41) is 0. The number of aryl methyl sites for hydroxylation is 1. The molecule has 0 bridgehead atoms. The van der Waals surface area contributed by atoms with E-state index >= 15 is 0 Å². The van der Waals surface area contributed by atoms with Crippen molar-refractivity contribution < 1.29 is 21.6 Å². The molecule has 0 spiro atoms. The van der Waals surface area contributed by atoms with E-state index in [0.29, 0.717) is 11.1 Å². The van der Waals surface area contributed by atoms with Gasteiger partial charge in [-0.25, -0.2) is 13.1 Å². The molecule has 0 heterocycles. The summed E-state index contributed by atoms with van der Waals surface area (Å²) in [5.41, 5.74) is 6.88.